The molecule has 0 radical (unpaired) electrons. The van der Waals surface area contributed by atoms with Gasteiger partial charge in [0.25, 0.3) is 0 Å². The Morgan fingerprint density at radius 3 is 2.58 bits per heavy atom. The lowest BCUT2D eigenvalue weighted by Crippen LogP contribution is -2.42. The smallest absolute Gasteiger partial charge is 0.245 e. The second-order valence-corrected chi connectivity index (χ2v) is 5.95. The van der Waals surface area contributed by atoms with Crippen LogP contribution in [-0.4, -0.2) is 23.4 Å². The minimum atomic E-state index is -0.342. The van der Waals surface area contributed by atoms with Crippen LogP contribution in [0.5, 0.6) is 0 Å². The van der Waals surface area contributed by atoms with Crippen molar-refractivity contribution in [3.63, 3.8) is 0 Å². The van der Waals surface area contributed by atoms with Crippen LogP contribution in [0.3, 0.4) is 0 Å². The maximum absolute atomic E-state index is 12.8. The molecule has 2 atom stereocenters. The summed E-state index contributed by atoms with van der Waals surface area (Å²) in [5.41, 5.74) is 3.10. The van der Waals surface area contributed by atoms with E-state index in [2.05, 4.69) is 29.8 Å². The van der Waals surface area contributed by atoms with Crippen LogP contribution in [0.4, 0.5) is 5.69 Å². The molecule has 2 aromatic carbocycles. The molecule has 2 aromatic rings. The molecule has 0 bridgehead atoms. The second-order valence-electron chi connectivity index (χ2n) is 5.95. The Hall–Kier alpha value is -2.65. The summed E-state index contributed by atoms with van der Waals surface area (Å²) in [6.45, 7) is 6.63. The maximum Gasteiger partial charge on any atom is 0.245 e. The van der Waals surface area contributed by atoms with Gasteiger partial charge in [0.2, 0.25) is 5.91 Å². The molecule has 1 aliphatic rings. The molecule has 0 saturated heterocycles. The highest BCUT2D eigenvalue weighted by Gasteiger charge is 2.32. The van der Waals surface area contributed by atoms with E-state index in [1.807, 2.05) is 66.8 Å². The number of carbonyl (C=O) groups is 1. The fourth-order valence-electron chi connectivity index (χ4n) is 3.14. The molecular weight excluding hydrogens is 296 g/mol. The molecule has 24 heavy (non-hydrogen) atoms. The summed E-state index contributed by atoms with van der Waals surface area (Å²) in [5, 5.41) is 3.06. The van der Waals surface area contributed by atoms with E-state index in [1.165, 1.54) is 0 Å². The van der Waals surface area contributed by atoms with E-state index >= 15 is 0 Å². The van der Waals surface area contributed by atoms with Gasteiger partial charge in [-0.05, 0) is 24.1 Å². The van der Waals surface area contributed by atoms with Crippen molar-refractivity contribution in [2.75, 3.05) is 11.9 Å². The normalized spacial score (nSPS) is 21.1. The first-order valence-corrected chi connectivity index (χ1v) is 8.20. The zero-order valence-electron chi connectivity index (χ0n) is 13.9. The third-order valence-electron chi connectivity index (χ3n) is 4.40. The van der Waals surface area contributed by atoms with Crippen molar-refractivity contribution in [2.45, 2.75) is 19.0 Å². The lowest BCUT2D eigenvalue weighted by molar-refractivity contribution is -0.120. The fraction of sp³-hybridized carbons (Fsp3) is 0.190. The lowest BCUT2D eigenvalue weighted by atomic mass is 10.0. The molecule has 0 aliphatic carbocycles. The van der Waals surface area contributed by atoms with Gasteiger partial charge in [-0.2, -0.15) is 0 Å². The number of nitrogens with zero attached hydrogens (tertiary/aromatic N) is 1. The molecule has 3 rings (SSSR count). The molecule has 3 nitrogen and oxygen atoms in total. The van der Waals surface area contributed by atoms with Crippen molar-refractivity contribution in [1.29, 1.82) is 0 Å². The summed E-state index contributed by atoms with van der Waals surface area (Å²) < 4.78 is 0. The Bertz CT molecular complexity index is 751. The third-order valence-corrected chi connectivity index (χ3v) is 4.40. The van der Waals surface area contributed by atoms with Crippen molar-refractivity contribution < 1.29 is 4.79 Å². The number of anilines is 1. The Morgan fingerprint density at radius 2 is 1.83 bits per heavy atom. The van der Waals surface area contributed by atoms with E-state index in [1.54, 1.807) is 0 Å². The number of para-hydroxylation sites is 1. The number of hydrogen-bond acceptors (Lipinski definition) is 2. The monoisotopic (exact) mass is 318 g/mol. The molecule has 0 saturated carbocycles. The highest BCUT2D eigenvalue weighted by Crippen LogP contribution is 2.32. The zero-order chi connectivity index (χ0) is 16.9. The number of amides is 1. The third kappa shape index (κ3) is 3.31. The quantitative estimate of drug-likeness (QED) is 0.854. The molecule has 0 spiro atoms. The van der Waals surface area contributed by atoms with Gasteiger partial charge in [0.1, 0.15) is 6.04 Å². The Kier molecular flexibility index (Phi) is 4.92. The van der Waals surface area contributed by atoms with Crippen LogP contribution in [0, 0.1) is 0 Å². The molecule has 1 amide bonds. The van der Waals surface area contributed by atoms with Gasteiger partial charge in [-0.1, -0.05) is 66.8 Å². The van der Waals surface area contributed by atoms with Crippen molar-refractivity contribution in [1.82, 2.24) is 4.90 Å². The number of hydrogen-bond donors (Lipinski definition) is 1. The topological polar surface area (TPSA) is 32.3 Å². The molecule has 1 heterocycles. The Labute approximate surface area is 143 Å². The number of carbonyl (C=O) groups excluding carboxylic acids is 1. The molecular formula is C21H22N2O. The van der Waals surface area contributed by atoms with Crippen molar-refractivity contribution >= 4 is 17.7 Å². The van der Waals surface area contributed by atoms with E-state index in [0.29, 0.717) is 6.54 Å². The van der Waals surface area contributed by atoms with Gasteiger partial charge in [-0.15, -0.1) is 6.58 Å². The second kappa shape index (κ2) is 7.28. The van der Waals surface area contributed by atoms with Crippen LogP contribution >= 0.6 is 0 Å². The minimum Gasteiger partial charge on any atom is -0.324 e. The van der Waals surface area contributed by atoms with Crippen LogP contribution in [0.1, 0.15) is 24.1 Å². The molecule has 0 fully saturated rings. The molecule has 0 aromatic heterocycles. The van der Waals surface area contributed by atoms with E-state index < -0.39 is 0 Å². The van der Waals surface area contributed by atoms with E-state index in [4.69, 9.17) is 0 Å². The van der Waals surface area contributed by atoms with Gasteiger partial charge in [0.15, 0.2) is 0 Å². The Morgan fingerprint density at radius 1 is 1.12 bits per heavy atom. The molecule has 3 heteroatoms. The summed E-state index contributed by atoms with van der Waals surface area (Å²) >= 11 is 0. The first kappa shape index (κ1) is 16.2. The summed E-state index contributed by atoms with van der Waals surface area (Å²) in [7, 11) is 0. The maximum atomic E-state index is 12.8. The number of rotatable bonds is 4. The lowest BCUT2D eigenvalue weighted by Gasteiger charge is -2.30. The van der Waals surface area contributed by atoms with E-state index in [9.17, 15) is 4.79 Å². The molecule has 122 valence electrons. The predicted molar refractivity (Wildman–Crippen MR) is 99.7 cm³/mol. The number of nitrogens with one attached hydrogen (secondary N) is 1. The van der Waals surface area contributed by atoms with Crippen molar-refractivity contribution in [3.8, 4) is 0 Å². The van der Waals surface area contributed by atoms with Gasteiger partial charge in [0.05, 0.1) is 0 Å². The van der Waals surface area contributed by atoms with Crippen molar-refractivity contribution in [3.05, 3.63) is 84.5 Å². The van der Waals surface area contributed by atoms with Crippen LogP contribution in [0.2, 0.25) is 0 Å². The van der Waals surface area contributed by atoms with Crippen LogP contribution in [0.15, 0.2) is 73.3 Å². The highest BCUT2D eigenvalue weighted by atomic mass is 16.2. The number of fused-ring (bicyclic) bond motifs is 1. The van der Waals surface area contributed by atoms with Gasteiger partial charge in [-0.3, -0.25) is 9.69 Å². The number of benzene rings is 2. The Balaban J connectivity index is 1.96. The zero-order valence-corrected chi connectivity index (χ0v) is 13.9. The van der Waals surface area contributed by atoms with E-state index in [0.717, 1.165) is 16.8 Å². The minimum absolute atomic E-state index is 0.0131. The van der Waals surface area contributed by atoms with Crippen LogP contribution in [0.25, 0.3) is 6.08 Å². The summed E-state index contributed by atoms with van der Waals surface area (Å²) in [6.07, 6.45) is 5.82. The van der Waals surface area contributed by atoms with Gasteiger partial charge in [0, 0.05) is 18.3 Å². The standard InChI is InChI=1S/C21H22N2O/c1-3-15-23-16(2)18-11-7-8-12-19(18)22-21(24)20(23)14-13-17-9-5-4-6-10-17/h3-14,16,20H,1,15H2,2H3,(H,22,24). The summed E-state index contributed by atoms with van der Waals surface area (Å²) in [4.78, 5) is 15.0. The summed E-state index contributed by atoms with van der Waals surface area (Å²) in [5.74, 6) is -0.0131. The van der Waals surface area contributed by atoms with Crippen molar-refractivity contribution in [2.24, 2.45) is 0 Å². The fourth-order valence-corrected chi connectivity index (χ4v) is 3.14. The average molecular weight is 318 g/mol. The van der Waals surface area contributed by atoms with Gasteiger partial charge in [-0.25, -0.2) is 0 Å². The van der Waals surface area contributed by atoms with E-state index in [-0.39, 0.29) is 18.0 Å². The predicted octanol–water partition coefficient (Wildman–Crippen LogP) is 4.27. The van der Waals surface area contributed by atoms with Gasteiger partial charge >= 0.3 is 0 Å². The largest absolute Gasteiger partial charge is 0.324 e. The highest BCUT2D eigenvalue weighted by molar-refractivity contribution is 5.98. The average Bonchev–Trinajstić information content (AvgIpc) is 2.70. The van der Waals surface area contributed by atoms with Crippen LogP contribution < -0.4 is 5.32 Å². The van der Waals surface area contributed by atoms with Gasteiger partial charge < -0.3 is 5.32 Å². The molecule has 2 unspecified atom stereocenters. The molecule has 1 aliphatic heterocycles. The SMILES string of the molecule is C=CCN1C(C=Cc2ccccc2)C(=O)Nc2ccccc2C1C. The first-order chi connectivity index (χ1) is 11.7. The molecule has 1 N–H and O–H groups in total. The van der Waals surface area contributed by atoms with Crippen LogP contribution in [-0.2, 0) is 4.79 Å². The summed E-state index contributed by atoms with van der Waals surface area (Å²) in [6, 6.07) is 17.8. The first-order valence-electron chi connectivity index (χ1n) is 8.20.